The molecule has 8 heteroatoms. The molecule has 152 valence electrons. The van der Waals surface area contributed by atoms with Crippen molar-refractivity contribution in [2.24, 2.45) is 0 Å². The number of benzene rings is 1. The summed E-state index contributed by atoms with van der Waals surface area (Å²) in [5.41, 5.74) is 3.52. The molecule has 2 amide bonds. The molecule has 0 spiro atoms. The number of nitrogens with zero attached hydrogens (tertiary/aromatic N) is 1. The molecular formula is C22H19N3O4S. The van der Waals surface area contributed by atoms with Gasteiger partial charge in [-0.05, 0) is 42.7 Å². The van der Waals surface area contributed by atoms with Crippen LogP contribution in [0.4, 0.5) is 10.9 Å². The maximum atomic E-state index is 12.7. The predicted molar refractivity (Wildman–Crippen MR) is 115 cm³/mol. The van der Waals surface area contributed by atoms with Crippen molar-refractivity contribution in [2.75, 3.05) is 10.6 Å². The number of nitrogens with one attached hydrogen (secondary N) is 2. The molecule has 0 aliphatic rings. The summed E-state index contributed by atoms with van der Waals surface area (Å²) in [5.74, 6) is -0.251. The molecule has 0 bridgehead atoms. The quantitative estimate of drug-likeness (QED) is 0.436. The minimum Gasteiger partial charge on any atom is -0.459 e. The van der Waals surface area contributed by atoms with Crippen LogP contribution in [0.5, 0.6) is 0 Å². The second-order valence-corrected chi connectivity index (χ2v) is 7.69. The zero-order valence-corrected chi connectivity index (χ0v) is 17.2. The standard InChI is InChI=1S/C22H19N3O4S/c1-3-14-6-8-15(9-7-14)16-12-18(29-25-16)23-22(27)20-13(2)11-19(30-20)24-21(26)17-5-4-10-28-17/h4-12H,3H2,1-2H3,(H,23,27)(H,24,26). The number of thiophene rings is 1. The number of amides is 2. The predicted octanol–water partition coefficient (Wildman–Crippen LogP) is 5.37. The van der Waals surface area contributed by atoms with Gasteiger partial charge in [0.1, 0.15) is 5.69 Å². The van der Waals surface area contributed by atoms with Crippen LogP contribution in [-0.2, 0) is 6.42 Å². The monoisotopic (exact) mass is 421 g/mol. The van der Waals surface area contributed by atoms with Crippen LogP contribution >= 0.6 is 11.3 Å². The maximum Gasteiger partial charge on any atom is 0.291 e. The van der Waals surface area contributed by atoms with Gasteiger partial charge in [-0.25, -0.2) is 0 Å². The van der Waals surface area contributed by atoms with E-state index >= 15 is 0 Å². The van der Waals surface area contributed by atoms with Crippen molar-refractivity contribution in [1.29, 1.82) is 0 Å². The van der Waals surface area contributed by atoms with Gasteiger partial charge in [-0.15, -0.1) is 11.3 Å². The van der Waals surface area contributed by atoms with Gasteiger partial charge in [0, 0.05) is 11.6 Å². The number of anilines is 2. The molecule has 0 atom stereocenters. The molecule has 0 radical (unpaired) electrons. The molecule has 7 nitrogen and oxygen atoms in total. The number of hydrogen-bond donors (Lipinski definition) is 2. The Bertz CT molecular complexity index is 1170. The Morgan fingerprint density at radius 1 is 1.07 bits per heavy atom. The highest BCUT2D eigenvalue weighted by molar-refractivity contribution is 7.18. The van der Waals surface area contributed by atoms with Crippen molar-refractivity contribution in [3.63, 3.8) is 0 Å². The molecule has 0 unspecified atom stereocenters. The van der Waals surface area contributed by atoms with Gasteiger partial charge in [-0.3, -0.25) is 14.9 Å². The lowest BCUT2D eigenvalue weighted by atomic mass is 10.1. The molecule has 0 saturated heterocycles. The van der Waals surface area contributed by atoms with Gasteiger partial charge in [0.25, 0.3) is 11.8 Å². The summed E-state index contributed by atoms with van der Waals surface area (Å²) >= 11 is 1.17. The Labute approximate surface area is 176 Å². The number of rotatable bonds is 6. The molecular weight excluding hydrogens is 402 g/mol. The number of furan rings is 1. The maximum absolute atomic E-state index is 12.7. The third-order valence-corrected chi connectivity index (χ3v) is 5.66. The van der Waals surface area contributed by atoms with Crippen LogP contribution in [0.3, 0.4) is 0 Å². The average molecular weight is 421 g/mol. The molecule has 0 fully saturated rings. The summed E-state index contributed by atoms with van der Waals surface area (Å²) in [6, 6.07) is 14.6. The third-order valence-electron chi connectivity index (χ3n) is 4.51. The summed E-state index contributed by atoms with van der Waals surface area (Å²) in [5, 5.41) is 10.0. The van der Waals surface area contributed by atoms with E-state index in [4.69, 9.17) is 8.94 Å². The van der Waals surface area contributed by atoms with E-state index in [0.717, 1.165) is 17.5 Å². The number of aromatic nitrogens is 1. The fourth-order valence-electron chi connectivity index (χ4n) is 2.90. The summed E-state index contributed by atoms with van der Waals surface area (Å²) < 4.78 is 10.3. The first-order chi connectivity index (χ1) is 14.5. The highest BCUT2D eigenvalue weighted by Gasteiger charge is 2.18. The van der Waals surface area contributed by atoms with E-state index in [2.05, 4.69) is 22.7 Å². The van der Waals surface area contributed by atoms with Crippen LogP contribution in [0.2, 0.25) is 0 Å². The first-order valence-electron chi connectivity index (χ1n) is 9.36. The van der Waals surface area contributed by atoms with Crippen molar-refractivity contribution in [3.05, 3.63) is 76.6 Å². The van der Waals surface area contributed by atoms with Crippen LogP contribution in [0.15, 0.2) is 63.7 Å². The third kappa shape index (κ3) is 4.18. The van der Waals surface area contributed by atoms with Gasteiger partial charge in [0.2, 0.25) is 5.88 Å². The van der Waals surface area contributed by atoms with Gasteiger partial charge < -0.3 is 14.3 Å². The van der Waals surface area contributed by atoms with Crippen molar-refractivity contribution >= 4 is 34.0 Å². The minimum absolute atomic E-state index is 0.202. The second-order valence-electron chi connectivity index (χ2n) is 6.64. The Kier molecular flexibility index (Phi) is 5.49. The van der Waals surface area contributed by atoms with Gasteiger partial charge >= 0.3 is 0 Å². The smallest absolute Gasteiger partial charge is 0.291 e. The minimum atomic E-state index is -0.373. The van der Waals surface area contributed by atoms with Gasteiger partial charge in [0.05, 0.1) is 16.1 Å². The van der Waals surface area contributed by atoms with E-state index in [-0.39, 0.29) is 23.5 Å². The van der Waals surface area contributed by atoms with E-state index in [1.165, 1.54) is 23.2 Å². The lowest BCUT2D eigenvalue weighted by molar-refractivity contribution is 0.0994. The Balaban J connectivity index is 1.44. The van der Waals surface area contributed by atoms with Crippen molar-refractivity contribution in [3.8, 4) is 11.3 Å². The lowest BCUT2D eigenvalue weighted by Gasteiger charge is -2.00. The molecule has 0 saturated carbocycles. The Hall–Kier alpha value is -3.65. The zero-order chi connectivity index (χ0) is 21.1. The van der Waals surface area contributed by atoms with Gasteiger partial charge in [-0.1, -0.05) is 36.3 Å². The molecule has 0 aliphatic heterocycles. The van der Waals surface area contributed by atoms with Gasteiger partial charge in [0.15, 0.2) is 5.76 Å². The molecule has 0 aliphatic carbocycles. The van der Waals surface area contributed by atoms with Crippen LogP contribution in [0.25, 0.3) is 11.3 Å². The molecule has 1 aromatic carbocycles. The van der Waals surface area contributed by atoms with Gasteiger partial charge in [-0.2, -0.15) is 0 Å². The normalized spacial score (nSPS) is 10.7. The van der Waals surface area contributed by atoms with E-state index in [0.29, 0.717) is 15.6 Å². The van der Waals surface area contributed by atoms with E-state index < -0.39 is 0 Å². The number of hydrogen-bond acceptors (Lipinski definition) is 6. The SMILES string of the molecule is CCc1ccc(-c2cc(NC(=O)c3sc(NC(=O)c4ccco4)cc3C)on2)cc1. The largest absolute Gasteiger partial charge is 0.459 e. The summed E-state index contributed by atoms with van der Waals surface area (Å²) in [7, 11) is 0. The molecule has 2 N–H and O–H groups in total. The summed E-state index contributed by atoms with van der Waals surface area (Å²) in [4.78, 5) is 25.3. The highest BCUT2D eigenvalue weighted by Crippen LogP contribution is 2.29. The van der Waals surface area contributed by atoms with E-state index in [9.17, 15) is 9.59 Å². The fourth-order valence-corrected chi connectivity index (χ4v) is 3.86. The topological polar surface area (TPSA) is 97.4 Å². The van der Waals surface area contributed by atoms with Crippen LogP contribution < -0.4 is 10.6 Å². The average Bonchev–Trinajstić information content (AvgIpc) is 3.49. The summed E-state index contributed by atoms with van der Waals surface area (Å²) in [6.45, 7) is 3.90. The van der Waals surface area contributed by atoms with Crippen LogP contribution in [0.1, 0.15) is 38.3 Å². The molecule has 3 heterocycles. The first kappa shape index (κ1) is 19.7. The zero-order valence-electron chi connectivity index (χ0n) is 16.4. The molecule has 4 aromatic rings. The van der Waals surface area contributed by atoms with Crippen molar-refractivity contribution in [2.45, 2.75) is 20.3 Å². The number of carbonyl (C=O) groups is 2. The van der Waals surface area contributed by atoms with E-state index in [1.807, 2.05) is 24.3 Å². The first-order valence-corrected chi connectivity index (χ1v) is 10.2. The molecule has 4 rings (SSSR count). The number of aryl methyl sites for hydroxylation is 2. The Morgan fingerprint density at radius 3 is 2.57 bits per heavy atom. The van der Waals surface area contributed by atoms with E-state index in [1.54, 1.807) is 31.2 Å². The summed E-state index contributed by atoms with van der Waals surface area (Å²) in [6.07, 6.45) is 2.39. The lowest BCUT2D eigenvalue weighted by Crippen LogP contribution is -2.10. The van der Waals surface area contributed by atoms with Crippen molar-refractivity contribution < 1.29 is 18.5 Å². The molecule has 3 aromatic heterocycles. The number of carbonyl (C=O) groups excluding carboxylic acids is 2. The second kappa shape index (κ2) is 8.38. The van der Waals surface area contributed by atoms with Crippen LogP contribution in [0, 0.1) is 6.92 Å². The Morgan fingerprint density at radius 2 is 1.87 bits per heavy atom. The van der Waals surface area contributed by atoms with Crippen LogP contribution in [-0.4, -0.2) is 17.0 Å². The van der Waals surface area contributed by atoms with Crippen molar-refractivity contribution in [1.82, 2.24) is 5.16 Å². The molecule has 30 heavy (non-hydrogen) atoms. The highest BCUT2D eigenvalue weighted by atomic mass is 32.1. The fraction of sp³-hybridized carbons (Fsp3) is 0.136.